The molecule has 102 valence electrons. The second kappa shape index (κ2) is 6.70. The predicted molar refractivity (Wildman–Crippen MR) is 87.1 cm³/mol. The number of rotatable bonds is 5. The molecule has 6 heteroatoms. The van der Waals surface area contributed by atoms with E-state index in [0.717, 1.165) is 18.8 Å². The van der Waals surface area contributed by atoms with Gasteiger partial charge in [0.25, 0.3) is 0 Å². The summed E-state index contributed by atoms with van der Waals surface area (Å²) in [4.78, 5) is 8.10. The fraction of sp³-hybridized carbons (Fsp3) is 0.214. The Morgan fingerprint density at radius 3 is 2.55 bits per heavy atom. The maximum atomic E-state index is 7.75. The molecular weight excluding hydrogens is 249 g/mol. The van der Waals surface area contributed by atoms with Crippen LogP contribution in [0.1, 0.15) is 5.56 Å². The fourth-order valence-electron chi connectivity index (χ4n) is 1.90. The molecule has 0 atom stereocenters. The van der Waals surface area contributed by atoms with Crippen LogP contribution >= 0.6 is 0 Å². The summed E-state index contributed by atoms with van der Waals surface area (Å²) in [7, 11) is 3.89. The summed E-state index contributed by atoms with van der Waals surface area (Å²) in [5.41, 5.74) is 3.09. The summed E-state index contributed by atoms with van der Waals surface area (Å²) in [6, 6.07) is 8.49. The maximum absolute atomic E-state index is 7.75. The van der Waals surface area contributed by atoms with Gasteiger partial charge in [-0.15, -0.1) is 0 Å². The average molecular weight is 267 g/mol. The molecule has 1 heterocycles. The summed E-state index contributed by atoms with van der Waals surface area (Å²) in [6.45, 7) is 0.773. The van der Waals surface area contributed by atoms with E-state index in [1.807, 2.05) is 7.05 Å². The van der Waals surface area contributed by atoms with E-state index in [1.54, 1.807) is 6.21 Å². The highest BCUT2D eigenvalue weighted by Gasteiger charge is 2.11. The van der Waals surface area contributed by atoms with Crippen LogP contribution in [0.25, 0.3) is 0 Å². The van der Waals surface area contributed by atoms with Crippen LogP contribution < -0.4 is 16.1 Å². The van der Waals surface area contributed by atoms with Crippen molar-refractivity contribution in [2.75, 3.05) is 13.6 Å². The standard InChI is InChI=1S/C14H18BN5/c1-17-14(12-13(16)19-9-8-18-12)20-7-6-10-2-4-11(15)5-3-10/h2-5,8-9,16-17,20H,6-7,15H2,1H3/b14-12-,16-13?. The lowest BCUT2D eigenvalue weighted by molar-refractivity contribution is 0.719. The number of hydrogen-bond acceptors (Lipinski definition) is 4. The second-order valence-corrected chi connectivity index (χ2v) is 4.54. The molecule has 5 nitrogen and oxygen atoms in total. The van der Waals surface area contributed by atoms with Crippen LogP contribution in [0.3, 0.4) is 0 Å². The average Bonchev–Trinajstić information content (AvgIpc) is 2.47. The smallest absolute Gasteiger partial charge is 0.174 e. The van der Waals surface area contributed by atoms with Crippen molar-refractivity contribution in [3.8, 4) is 0 Å². The molecule has 0 bridgehead atoms. The van der Waals surface area contributed by atoms with Gasteiger partial charge in [0.1, 0.15) is 19.4 Å². The van der Waals surface area contributed by atoms with Gasteiger partial charge < -0.3 is 10.6 Å². The van der Waals surface area contributed by atoms with Crippen molar-refractivity contribution in [1.82, 2.24) is 10.6 Å². The first-order valence-electron chi connectivity index (χ1n) is 6.58. The highest BCUT2D eigenvalue weighted by atomic mass is 15.1. The summed E-state index contributed by atoms with van der Waals surface area (Å²) in [5.74, 6) is 0.898. The van der Waals surface area contributed by atoms with Crippen LogP contribution in [0.2, 0.25) is 0 Å². The molecule has 3 N–H and O–H groups in total. The lowest BCUT2D eigenvalue weighted by Gasteiger charge is -2.14. The van der Waals surface area contributed by atoms with E-state index in [-0.39, 0.29) is 5.84 Å². The molecule has 1 aliphatic heterocycles. The van der Waals surface area contributed by atoms with Gasteiger partial charge in [-0.05, 0) is 12.0 Å². The van der Waals surface area contributed by atoms with Crippen LogP contribution in [-0.2, 0) is 6.42 Å². The van der Waals surface area contributed by atoms with E-state index in [1.165, 1.54) is 17.2 Å². The van der Waals surface area contributed by atoms with Gasteiger partial charge in [0.15, 0.2) is 5.84 Å². The topological polar surface area (TPSA) is 72.6 Å². The Balaban J connectivity index is 1.96. The molecular formula is C14H18BN5. The van der Waals surface area contributed by atoms with Gasteiger partial charge in [0.05, 0.1) is 0 Å². The van der Waals surface area contributed by atoms with E-state index in [9.17, 15) is 0 Å². The number of nitrogens with zero attached hydrogens (tertiary/aromatic N) is 2. The first-order chi connectivity index (χ1) is 9.70. The minimum absolute atomic E-state index is 0.166. The van der Waals surface area contributed by atoms with Gasteiger partial charge in [-0.3, -0.25) is 5.41 Å². The van der Waals surface area contributed by atoms with E-state index in [4.69, 9.17) is 5.41 Å². The van der Waals surface area contributed by atoms with Gasteiger partial charge in [-0.2, -0.15) is 0 Å². The molecule has 0 aromatic heterocycles. The molecule has 0 fully saturated rings. The van der Waals surface area contributed by atoms with Crippen molar-refractivity contribution in [3.63, 3.8) is 0 Å². The lowest BCUT2D eigenvalue weighted by Crippen LogP contribution is -2.29. The highest BCUT2D eigenvalue weighted by Crippen LogP contribution is 2.06. The van der Waals surface area contributed by atoms with Crippen LogP contribution in [0.4, 0.5) is 0 Å². The second-order valence-electron chi connectivity index (χ2n) is 4.54. The quantitative estimate of drug-likeness (QED) is 0.635. The Hall–Kier alpha value is -2.37. The Kier molecular flexibility index (Phi) is 4.71. The normalized spacial score (nSPS) is 16.1. The number of hydrogen-bond donors (Lipinski definition) is 3. The van der Waals surface area contributed by atoms with Gasteiger partial charge in [-0.1, -0.05) is 29.7 Å². The van der Waals surface area contributed by atoms with Crippen molar-refractivity contribution in [1.29, 1.82) is 5.41 Å². The summed E-state index contributed by atoms with van der Waals surface area (Å²) >= 11 is 0. The Morgan fingerprint density at radius 1 is 1.20 bits per heavy atom. The van der Waals surface area contributed by atoms with E-state index in [2.05, 4.69) is 52.7 Å². The Bertz CT molecular complexity index is 572. The van der Waals surface area contributed by atoms with Crippen molar-refractivity contribution in [3.05, 3.63) is 41.3 Å². The predicted octanol–water partition coefficient (Wildman–Crippen LogP) is -0.402. The van der Waals surface area contributed by atoms with Crippen molar-refractivity contribution >= 4 is 31.6 Å². The van der Waals surface area contributed by atoms with E-state index >= 15 is 0 Å². The molecule has 0 aliphatic carbocycles. The molecule has 20 heavy (non-hydrogen) atoms. The maximum Gasteiger partial charge on any atom is 0.174 e. The van der Waals surface area contributed by atoms with Crippen LogP contribution in [-0.4, -0.2) is 39.7 Å². The van der Waals surface area contributed by atoms with Gasteiger partial charge in [-0.25, -0.2) is 9.98 Å². The minimum Gasteiger partial charge on any atom is -0.373 e. The molecule has 1 aromatic rings. The minimum atomic E-state index is 0.166. The molecule has 2 rings (SSSR count). The summed E-state index contributed by atoms with van der Waals surface area (Å²) in [5, 5.41) is 14.1. The fourth-order valence-corrected chi connectivity index (χ4v) is 1.90. The van der Waals surface area contributed by atoms with E-state index in [0.29, 0.717) is 5.70 Å². The summed E-state index contributed by atoms with van der Waals surface area (Å²) < 4.78 is 0. The molecule has 0 radical (unpaired) electrons. The number of nitrogens with one attached hydrogen (secondary N) is 3. The molecule has 1 aliphatic rings. The molecule has 0 saturated heterocycles. The van der Waals surface area contributed by atoms with Gasteiger partial charge in [0.2, 0.25) is 0 Å². The first-order valence-corrected chi connectivity index (χ1v) is 6.58. The first kappa shape index (κ1) is 14.1. The molecule has 1 aromatic carbocycles. The molecule has 0 unspecified atom stereocenters. The van der Waals surface area contributed by atoms with Crippen molar-refractivity contribution < 1.29 is 0 Å². The van der Waals surface area contributed by atoms with E-state index < -0.39 is 0 Å². The Morgan fingerprint density at radius 2 is 1.90 bits per heavy atom. The summed E-state index contributed by atoms with van der Waals surface area (Å²) in [6.07, 6.45) is 4.02. The van der Waals surface area contributed by atoms with Crippen LogP contribution in [0.15, 0.2) is 45.8 Å². The zero-order chi connectivity index (χ0) is 14.4. The number of benzene rings is 1. The number of aliphatic imine (C=N–C) groups is 2. The third-order valence-electron chi connectivity index (χ3n) is 3.02. The molecule has 0 saturated carbocycles. The molecule has 0 amide bonds. The molecule has 0 spiro atoms. The van der Waals surface area contributed by atoms with Crippen molar-refractivity contribution in [2.45, 2.75) is 6.42 Å². The van der Waals surface area contributed by atoms with Gasteiger partial charge in [0, 0.05) is 26.0 Å². The third kappa shape index (κ3) is 3.57. The van der Waals surface area contributed by atoms with Crippen molar-refractivity contribution in [2.24, 2.45) is 9.98 Å². The largest absolute Gasteiger partial charge is 0.373 e. The zero-order valence-electron chi connectivity index (χ0n) is 11.8. The van der Waals surface area contributed by atoms with Gasteiger partial charge >= 0.3 is 0 Å². The zero-order valence-corrected chi connectivity index (χ0v) is 11.8. The highest BCUT2D eigenvalue weighted by molar-refractivity contribution is 6.32. The van der Waals surface area contributed by atoms with Crippen LogP contribution in [0, 0.1) is 5.41 Å². The lowest BCUT2D eigenvalue weighted by atomic mass is 9.95. The monoisotopic (exact) mass is 267 g/mol. The SMILES string of the molecule is Bc1ccc(CCN/C(NC)=C2\N=CC=NC2=N)cc1. The Labute approximate surface area is 119 Å². The third-order valence-corrected chi connectivity index (χ3v) is 3.02. The van der Waals surface area contributed by atoms with Crippen LogP contribution in [0.5, 0.6) is 0 Å². The number of amidine groups is 1.